The number of allylic oxidation sites excluding steroid dienone is 1. The molecule has 0 heterocycles. The van der Waals surface area contributed by atoms with Crippen LogP contribution in [0.1, 0.15) is 13.8 Å². The van der Waals surface area contributed by atoms with Crippen LogP contribution in [-0.4, -0.2) is 19.0 Å². The first kappa shape index (κ1) is 11.4. The van der Waals surface area contributed by atoms with Crippen LogP contribution < -0.4 is 0 Å². The molecule has 0 atom stereocenters. The molecule has 0 radical (unpaired) electrons. The second kappa shape index (κ2) is 5.99. The highest BCUT2D eigenvalue weighted by Gasteiger charge is 2.04. The second-order valence-corrected chi connectivity index (χ2v) is 2.22. The summed E-state index contributed by atoms with van der Waals surface area (Å²) >= 11 is 0. The van der Waals surface area contributed by atoms with E-state index in [1.165, 1.54) is 7.11 Å². The monoisotopic (exact) mass is 183 g/mol. The summed E-state index contributed by atoms with van der Waals surface area (Å²) in [6.45, 7) is 6.83. The molecule has 4 heteroatoms. The van der Waals surface area contributed by atoms with Crippen molar-refractivity contribution in [1.82, 2.24) is 0 Å². The van der Waals surface area contributed by atoms with E-state index in [1.54, 1.807) is 26.0 Å². The summed E-state index contributed by atoms with van der Waals surface area (Å²) in [6, 6.07) is 0. The Kier molecular flexibility index (Phi) is 5.27. The summed E-state index contributed by atoms with van der Waals surface area (Å²) in [6.07, 6.45) is 3.23. The predicted octanol–water partition coefficient (Wildman–Crippen LogP) is 1.64. The molecular formula is C9H13NO3. The number of nitrogens with zero attached hydrogens (tertiary/aromatic N) is 1. The summed E-state index contributed by atoms with van der Waals surface area (Å²) < 4.78 is 4.67. The summed E-state index contributed by atoms with van der Waals surface area (Å²) in [5.74, 6) is -0.309. The van der Waals surface area contributed by atoms with Gasteiger partial charge in [0.1, 0.15) is 0 Å². The average molecular weight is 183 g/mol. The van der Waals surface area contributed by atoms with E-state index < -0.39 is 5.97 Å². The van der Waals surface area contributed by atoms with Crippen molar-refractivity contribution in [3.05, 3.63) is 24.3 Å². The Morgan fingerprint density at radius 3 is 2.62 bits per heavy atom. The van der Waals surface area contributed by atoms with Crippen molar-refractivity contribution < 1.29 is 14.4 Å². The molecule has 0 amide bonds. The lowest BCUT2D eigenvalue weighted by Crippen LogP contribution is -2.04. The van der Waals surface area contributed by atoms with Gasteiger partial charge >= 0.3 is 5.97 Å². The normalized spacial score (nSPS) is 11.5. The maximum absolute atomic E-state index is 11.0. The fourth-order valence-corrected chi connectivity index (χ4v) is 0.471. The standard InChI is InChI=1S/C9H13NO3/c1-5-6-7(2)9(11)13-10-8(3)12-4/h5-6H,2H2,1,3-4H3. The minimum atomic E-state index is -0.588. The minimum absolute atomic E-state index is 0.246. The third-order valence-corrected chi connectivity index (χ3v) is 1.18. The van der Waals surface area contributed by atoms with Gasteiger partial charge in [-0.1, -0.05) is 18.7 Å². The van der Waals surface area contributed by atoms with Crippen LogP contribution in [0.4, 0.5) is 0 Å². The maximum atomic E-state index is 11.0. The Bertz CT molecular complexity index is 254. The van der Waals surface area contributed by atoms with Crippen LogP contribution in [0.5, 0.6) is 0 Å². The lowest BCUT2D eigenvalue weighted by molar-refractivity contribution is -0.138. The van der Waals surface area contributed by atoms with Crippen LogP contribution in [0, 0.1) is 0 Å². The van der Waals surface area contributed by atoms with Gasteiger partial charge in [-0.25, -0.2) is 4.79 Å². The van der Waals surface area contributed by atoms with E-state index in [2.05, 4.69) is 21.3 Å². The van der Waals surface area contributed by atoms with Gasteiger partial charge in [-0.2, -0.15) is 0 Å². The summed E-state index contributed by atoms with van der Waals surface area (Å²) in [7, 11) is 1.44. The molecule has 0 spiro atoms. The van der Waals surface area contributed by atoms with Gasteiger partial charge in [0.2, 0.25) is 5.90 Å². The fraction of sp³-hybridized carbons (Fsp3) is 0.333. The topological polar surface area (TPSA) is 47.9 Å². The molecule has 0 aliphatic heterocycles. The van der Waals surface area contributed by atoms with Crippen molar-refractivity contribution >= 4 is 11.9 Å². The number of methoxy groups -OCH3 is 1. The van der Waals surface area contributed by atoms with Gasteiger partial charge in [0, 0.05) is 6.92 Å². The van der Waals surface area contributed by atoms with Gasteiger partial charge in [-0.15, -0.1) is 0 Å². The first-order chi connectivity index (χ1) is 6.11. The molecule has 4 nitrogen and oxygen atoms in total. The zero-order valence-corrected chi connectivity index (χ0v) is 8.03. The molecule has 0 rings (SSSR count). The minimum Gasteiger partial charge on any atom is -0.482 e. The number of hydrogen-bond donors (Lipinski definition) is 0. The van der Waals surface area contributed by atoms with Crippen LogP contribution in [0.15, 0.2) is 29.5 Å². The Balaban J connectivity index is 4.09. The highest BCUT2D eigenvalue weighted by Crippen LogP contribution is 1.97. The molecule has 0 fully saturated rings. The van der Waals surface area contributed by atoms with E-state index in [0.29, 0.717) is 0 Å². The fourth-order valence-electron chi connectivity index (χ4n) is 0.471. The zero-order valence-electron chi connectivity index (χ0n) is 8.03. The van der Waals surface area contributed by atoms with Crippen molar-refractivity contribution in [2.75, 3.05) is 7.11 Å². The average Bonchev–Trinajstić information content (AvgIpc) is 2.13. The van der Waals surface area contributed by atoms with Crippen molar-refractivity contribution in [3.8, 4) is 0 Å². The third kappa shape index (κ3) is 4.79. The molecule has 0 saturated heterocycles. The molecule has 0 unspecified atom stereocenters. The molecular weight excluding hydrogens is 170 g/mol. The van der Waals surface area contributed by atoms with E-state index in [-0.39, 0.29) is 11.5 Å². The first-order valence-electron chi connectivity index (χ1n) is 3.73. The molecule has 0 N–H and O–H groups in total. The Morgan fingerprint density at radius 2 is 2.15 bits per heavy atom. The quantitative estimate of drug-likeness (QED) is 0.167. The number of carbonyl (C=O) groups excluding carboxylic acids is 1. The van der Waals surface area contributed by atoms with Crippen molar-refractivity contribution in [2.45, 2.75) is 13.8 Å². The van der Waals surface area contributed by atoms with Gasteiger partial charge in [0.05, 0.1) is 12.7 Å². The van der Waals surface area contributed by atoms with E-state index in [9.17, 15) is 4.79 Å². The Labute approximate surface area is 77.5 Å². The molecule has 0 aromatic heterocycles. The van der Waals surface area contributed by atoms with Crippen molar-refractivity contribution in [1.29, 1.82) is 0 Å². The number of carbonyl (C=O) groups is 1. The Morgan fingerprint density at radius 1 is 1.54 bits per heavy atom. The molecule has 0 bridgehead atoms. The Hall–Kier alpha value is -1.58. The van der Waals surface area contributed by atoms with Gasteiger partial charge in [-0.3, -0.25) is 0 Å². The van der Waals surface area contributed by atoms with Crippen LogP contribution in [-0.2, 0) is 14.4 Å². The molecule has 13 heavy (non-hydrogen) atoms. The van der Waals surface area contributed by atoms with E-state index in [4.69, 9.17) is 0 Å². The summed E-state index contributed by atoms with van der Waals surface area (Å²) in [4.78, 5) is 15.5. The van der Waals surface area contributed by atoms with E-state index in [0.717, 1.165) is 0 Å². The van der Waals surface area contributed by atoms with Crippen LogP contribution in [0.3, 0.4) is 0 Å². The number of ether oxygens (including phenoxy) is 1. The largest absolute Gasteiger partial charge is 0.482 e. The summed E-state index contributed by atoms with van der Waals surface area (Å²) in [5.41, 5.74) is 0.246. The second-order valence-electron chi connectivity index (χ2n) is 2.22. The van der Waals surface area contributed by atoms with Gasteiger partial charge in [-0.05, 0) is 12.1 Å². The third-order valence-electron chi connectivity index (χ3n) is 1.18. The van der Waals surface area contributed by atoms with Gasteiger partial charge in [0.25, 0.3) is 0 Å². The maximum Gasteiger partial charge on any atom is 0.365 e. The van der Waals surface area contributed by atoms with Crippen LogP contribution in [0.25, 0.3) is 0 Å². The van der Waals surface area contributed by atoms with E-state index in [1.807, 2.05) is 0 Å². The first-order valence-corrected chi connectivity index (χ1v) is 3.73. The van der Waals surface area contributed by atoms with Crippen LogP contribution in [0.2, 0.25) is 0 Å². The van der Waals surface area contributed by atoms with E-state index >= 15 is 0 Å². The number of hydrogen-bond acceptors (Lipinski definition) is 4. The molecule has 0 saturated carbocycles. The molecule has 0 aromatic rings. The molecule has 72 valence electrons. The molecule has 0 aromatic carbocycles. The smallest absolute Gasteiger partial charge is 0.365 e. The van der Waals surface area contributed by atoms with Crippen molar-refractivity contribution in [2.24, 2.45) is 5.16 Å². The summed E-state index contributed by atoms with van der Waals surface area (Å²) in [5, 5.41) is 3.40. The SMILES string of the molecule is C=C(C=CC)C(=O)ON=C(C)OC. The van der Waals surface area contributed by atoms with Gasteiger partial charge in [0.15, 0.2) is 0 Å². The van der Waals surface area contributed by atoms with Crippen molar-refractivity contribution in [3.63, 3.8) is 0 Å². The zero-order chi connectivity index (χ0) is 10.3. The lowest BCUT2D eigenvalue weighted by atomic mass is 10.3. The predicted molar refractivity (Wildman–Crippen MR) is 50.2 cm³/mol. The number of rotatable bonds is 3. The molecule has 0 aliphatic carbocycles. The van der Waals surface area contributed by atoms with Crippen LogP contribution >= 0.6 is 0 Å². The number of oxime groups is 1. The highest BCUT2D eigenvalue weighted by atomic mass is 16.7. The van der Waals surface area contributed by atoms with Gasteiger partial charge < -0.3 is 9.57 Å². The lowest BCUT2D eigenvalue weighted by Gasteiger charge is -1.98. The highest BCUT2D eigenvalue weighted by molar-refractivity contribution is 5.91. The molecule has 0 aliphatic rings.